The number of fused-ring (bicyclic) bond motifs is 1. The lowest BCUT2D eigenvalue weighted by Gasteiger charge is -2.42. The molecule has 0 unspecified atom stereocenters. The fourth-order valence-corrected chi connectivity index (χ4v) is 5.06. The number of likely N-dealkylation sites (tertiary alicyclic amines) is 1. The lowest BCUT2D eigenvalue weighted by molar-refractivity contribution is 0.0908. The molecule has 1 saturated heterocycles. The molecule has 3 aliphatic rings. The third kappa shape index (κ3) is 3.67. The number of rotatable bonds is 3. The first-order chi connectivity index (χ1) is 12.3. The molecule has 1 aromatic heterocycles. The molecule has 2 amide bonds. The van der Waals surface area contributed by atoms with Gasteiger partial charge in [-0.1, -0.05) is 25.7 Å². The van der Waals surface area contributed by atoms with E-state index < -0.39 is 0 Å². The van der Waals surface area contributed by atoms with Crippen molar-refractivity contribution in [3.05, 3.63) is 11.6 Å². The van der Waals surface area contributed by atoms with Crippen LogP contribution in [0.5, 0.6) is 0 Å². The van der Waals surface area contributed by atoms with E-state index >= 15 is 0 Å². The van der Waals surface area contributed by atoms with Crippen molar-refractivity contribution < 1.29 is 4.79 Å². The van der Waals surface area contributed by atoms with Crippen LogP contribution in [0.15, 0.2) is 0 Å². The molecule has 3 heterocycles. The van der Waals surface area contributed by atoms with Crippen LogP contribution in [0.25, 0.3) is 0 Å². The zero-order valence-electron chi connectivity index (χ0n) is 15.3. The molecule has 0 bridgehead atoms. The average Bonchev–Trinajstić information content (AvgIpc) is 3.16. The van der Waals surface area contributed by atoms with Gasteiger partial charge in [-0.3, -0.25) is 0 Å². The lowest BCUT2D eigenvalue weighted by atomic mass is 9.74. The van der Waals surface area contributed by atoms with E-state index in [1.165, 1.54) is 51.4 Å². The molecule has 138 valence electrons. The maximum Gasteiger partial charge on any atom is 0.317 e. The van der Waals surface area contributed by atoms with Crippen LogP contribution in [0, 0.1) is 5.41 Å². The Balaban J connectivity index is 1.28. The summed E-state index contributed by atoms with van der Waals surface area (Å²) < 4.78 is 2.22. The van der Waals surface area contributed by atoms with Gasteiger partial charge in [0, 0.05) is 39.0 Å². The Bertz CT molecular complexity index is 603. The predicted octanol–water partition coefficient (Wildman–Crippen LogP) is 2.91. The third-order valence-corrected chi connectivity index (χ3v) is 6.42. The summed E-state index contributed by atoms with van der Waals surface area (Å²) in [6.07, 6.45) is 13.5. The van der Waals surface area contributed by atoms with Crippen LogP contribution in [0.1, 0.15) is 69.4 Å². The van der Waals surface area contributed by atoms with E-state index in [2.05, 4.69) is 25.0 Å². The Morgan fingerprint density at radius 2 is 1.80 bits per heavy atom. The number of nitrogens with zero attached hydrogens (tertiary/aromatic N) is 4. The van der Waals surface area contributed by atoms with Crippen LogP contribution >= 0.6 is 0 Å². The van der Waals surface area contributed by atoms with Crippen LogP contribution < -0.4 is 5.32 Å². The highest BCUT2D eigenvalue weighted by Crippen LogP contribution is 2.42. The molecule has 2 fully saturated rings. The Hall–Kier alpha value is -1.59. The van der Waals surface area contributed by atoms with Gasteiger partial charge >= 0.3 is 6.03 Å². The van der Waals surface area contributed by atoms with Gasteiger partial charge in [-0.2, -0.15) is 0 Å². The van der Waals surface area contributed by atoms with Crippen LogP contribution in [-0.2, 0) is 19.4 Å². The molecule has 6 nitrogen and oxygen atoms in total. The number of nitrogens with one attached hydrogen (secondary N) is 1. The number of hydrogen-bond donors (Lipinski definition) is 1. The molecule has 1 saturated carbocycles. The largest absolute Gasteiger partial charge is 0.338 e. The molecular formula is C19H31N5O. The summed E-state index contributed by atoms with van der Waals surface area (Å²) in [5, 5.41) is 11.6. The number of carbonyl (C=O) groups excluding carboxylic acids is 1. The number of urea groups is 1. The van der Waals surface area contributed by atoms with Crippen molar-refractivity contribution in [2.75, 3.05) is 19.6 Å². The Morgan fingerprint density at radius 1 is 1.00 bits per heavy atom. The minimum Gasteiger partial charge on any atom is -0.338 e. The molecule has 1 aromatic rings. The van der Waals surface area contributed by atoms with Gasteiger partial charge in [-0.25, -0.2) is 4.79 Å². The topological polar surface area (TPSA) is 63.1 Å². The van der Waals surface area contributed by atoms with Crippen molar-refractivity contribution in [1.29, 1.82) is 0 Å². The van der Waals surface area contributed by atoms with E-state index in [9.17, 15) is 4.79 Å². The zero-order valence-corrected chi connectivity index (χ0v) is 15.3. The first kappa shape index (κ1) is 16.9. The van der Waals surface area contributed by atoms with Gasteiger partial charge in [-0.05, 0) is 37.5 Å². The van der Waals surface area contributed by atoms with Gasteiger partial charge in [0.2, 0.25) is 0 Å². The van der Waals surface area contributed by atoms with Gasteiger partial charge in [0.1, 0.15) is 11.6 Å². The van der Waals surface area contributed by atoms with Gasteiger partial charge in [0.05, 0.1) is 0 Å². The predicted molar refractivity (Wildman–Crippen MR) is 96.4 cm³/mol. The molecule has 0 atom stereocenters. The smallest absolute Gasteiger partial charge is 0.317 e. The van der Waals surface area contributed by atoms with Gasteiger partial charge in [0.25, 0.3) is 0 Å². The molecule has 2 aliphatic heterocycles. The summed E-state index contributed by atoms with van der Waals surface area (Å²) in [5.41, 5.74) is 0.403. The minimum absolute atomic E-state index is 0.115. The van der Waals surface area contributed by atoms with E-state index in [4.69, 9.17) is 0 Å². The molecule has 1 spiro atoms. The number of aryl methyl sites for hydroxylation is 1. The highest BCUT2D eigenvalue weighted by Gasteiger charge is 2.37. The Labute approximate surface area is 150 Å². The van der Waals surface area contributed by atoms with Crippen molar-refractivity contribution in [3.8, 4) is 0 Å². The average molecular weight is 345 g/mol. The van der Waals surface area contributed by atoms with Gasteiger partial charge < -0.3 is 14.8 Å². The fourth-order valence-electron chi connectivity index (χ4n) is 5.06. The standard InChI is InChI=1S/C19H31N5O/c25-18(20-12-8-17-22-21-16-7-5-14-24(16)17)23-13-6-11-19(15-23)9-3-1-2-4-10-19/h1-15H2,(H,20,25). The molecule has 25 heavy (non-hydrogen) atoms. The quantitative estimate of drug-likeness (QED) is 0.916. The summed E-state index contributed by atoms with van der Waals surface area (Å²) in [4.78, 5) is 14.7. The molecule has 1 N–H and O–H groups in total. The van der Waals surface area contributed by atoms with Crippen LogP contribution in [0.4, 0.5) is 4.79 Å². The molecule has 0 radical (unpaired) electrons. The first-order valence-corrected chi connectivity index (χ1v) is 10.2. The molecule has 6 heteroatoms. The summed E-state index contributed by atoms with van der Waals surface area (Å²) in [6, 6.07) is 0.115. The molecule has 1 aliphatic carbocycles. The number of hydrogen-bond acceptors (Lipinski definition) is 3. The summed E-state index contributed by atoms with van der Waals surface area (Å²) in [5.74, 6) is 2.12. The van der Waals surface area contributed by atoms with Crippen molar-refractivity contribution in [1.82, 2.24) is 25.0 Å². The number of amides is 2. The number of aromatic nitrogens is 3. The van der Waals surface area contributed by atoms with E-state index in [1.54, 1.807) is 0 Å². The highest BCUT2D eigenvalue weighted by atomic mass is 16.2. The van der Waals surface area contributed by atoms with Gasteiger partial charge in [0.15, 0.2) is 0 Å². The highest BCUT2D eigenvalue weighted by molar-refractivity contribution is 5.74. The SMILES string of the molecule is O=C(NCCc1nnc2n1CCC2)N1CCCC2(CCCCCC2)C1. The van der Waals surface area contributed by atoms with Crippen molar-refractivity contribution in [2.45, 2.75) is 77.2 Å². The number of carbonyl (C=O) groups is 1. The van der Waals surface area contributed by atoms with Crippen LogP contribution in [0.2, 0.25) is 0 Å². The number of piperidine rings is 1. The maximum atomic E-state index is 12.6. The van der Waals surface area contributed by atoms with E-state index in [0.29, 0.717) is 12.0 Å². The van der Waals surface area contributed by atoms with E-state index in [0.717, 1.165) is 50.5 Å². The van der Waals surface area contributed by atoms with Crippen molar-refractivity contribution in [2.24, 2.45) is 5.41 Å². The summed E-state index contributed by atoms with van der Waals surface area (Å²) in [7, 11) is 0. The normalized spacial score (nSPS) is 22.6. The molecule has 4 rings (SSSR count). The monoisotopic (exact) mass is 345 g/mol. The Morgan fingerprint density at radius 3 is 2.64 bits per heavy atom. The van der Waals surface area contributed by atoms with Crippen LogP contribution in [-0.4, -0.2) is 45.3 Å². The Kier molecular flexibility index (Phi) is 4.95. The van der Waals surface area contributed by atoms with Crippen LogP contribution in [0.3, 0.4) is 0 Å². The van der Waals surface area contributed by atoms with Crippen molar-refractivity contribution in [3.63, 3.8) is 0 Å². The third-order valence-electron chi connectivity index (χ3n) is 6.42. The first-order valence-electron chi connectivity index (χ1n) is 10.2. The lowest BCUT2D eigenvalue weighted by Crippen LogP contribution is -2.50. The second-order valence-electron chi connectivity index (χ2n) is 8.21. The minimum atomic E-state index is 0.115. The van der Waals surface area contributed by atoms with E-state index in [1.807, 2.05) is 0 Å². The second kappa shape index (κ2) is 7.34. The zero-order chi connectivity index (χ0) is 17.1. The summed E-state index contributed by atoms with van der Waals surface area (Å²) in [6.45, 7) is 3.55. The maximum absolute atomic E-state index is 12.6. The summed E-state index contributed by atoms with van der Waals surface area (Å²) >= 11 is 0. The van der Waals surface area contributed by atoms with E-state index in [-0.39, 0.29) is 6.03 Å². The molecular weight excluding hydrogens is 314 g/mol. The van der Waals surface area contributed by atoms with Gasteiger partial charge in [-0.15, -0.1) is 10.2 Å². The second-order valence-corrected chi connectivity index (χ2v) is 8.21. The fraction of sp³-hybridized carbons (Fsp3) is 0.842. The van der Waals surface area contributed by atoms with Crippen molar-refractivity contribution >= 4 is 6.03 Å². The molecule has 0 aromatic carbocycles.